The van der Waals surface area contributed by atoms with Crippen LogP contribution in [0.25, 0.3) is 0 Å². The molecule has 0 N–H and O–H groups in total. The Labute approximate surface area is 131 Å². The van der Waals surface area contributed by atoms with Crippen LogP contribution in [0.5, 0.6) is 0 Å². The molecule has 3 rings (SSSR count). The van der Waals surface area contributed by atoms with Gasteiger partial charge >= 0.3 is 0 Å². The minimum absolute atomic E-state index is 0.0242. The standard InChI is InChI=1S/C15H13Cl2NOS/c16-11-1-2-13(17)12(7-11)14(19)9-18-5-3-15-10(8-18)4-6-20-15/h1-2,4,6-7H,3,5,8-9H2. The number of ketones is 1. The van der Waals surface area contributed by atoms with Gasteiger partial charge in [-0.05, 0) is 41.6 Å². The molecule has 2 heterocycles. The number of Topliss-reactive ketones (excluding diaryl/α,β-unsaturated/α-hetero) is 1. The summed E-state index contributed by atoms with van der Waals surface area (Å²) in [6.45, 7) is 2.13. The van der Waals surface area contributed by atoms with Crippen molar-refractivity contribution in [2.75, 3.05) is 13.1 Å². The Morgan fingerprint density at radius 3 is 3.00 bits per heavy atom. The molecule has 5 heteroatoms. The van der Waals surface area contributed by atoms with Gasteiger partial charge in [-0.25, -0.2) is 0 Å². The number of carbonyl (C=O) groups excluding carboxylic acids is 1. The lowest BCUT2D eigenvalue weighted by molar-refractivity contribution is 0.0922. The van der Waals surface area contributed by atoms with Crippen molar-refractivity contribution in [1.29, 1.82) is 0 Å². The van der Waals surface area contributed by atoms with Gasteiger partial charge in [-0.1, -0.05) is 23.2 Å². The van der Waals surface area contributed by atoms with Crippen LogP contribution in [0.15, 0.2) is 29.6 Å². The molecule has 2 aromatic rings. The van der Waals surface area contributed by atoms with Gasteiger partial charge in [0.15, 0.2) is 5.78 Å². The number of halogens is 2. The minimum atomic E-state index is 0.0242. The third-order valence-corrected chi connectivity index (χ3v) is 5.07. The van der Waals surface area contributed by atoms with Crippen LogP contribution in [-0.4, -0.2) is 23.8 Å². The lowest BCUT2D eigenvalue weighted by Crippen LogP contribution is -2.34. The Morgan fingerprint density at radius 1 is 1.30 bits per heavy atom. The molecule has 0 fully saturated rings. The van der Waals surface area contributed by atoms with Gasteiger partial charge in [-0.2, -0.15) is 0 Å². The predicted octanol–water partition coefficient (Wildman–Crippen LogP) is 4.30. The van der Waals surface area contributed by atoms with Gasteiger partial charge in [0, 0.05) is 28.6 Å². The number of nitrogens with zero attached hydrogens (tertiary/aromatic N) is 1. The zero-order valence-corrected chi connectivity index (χ0v) is 13.1. The van der Waals surface area contributed by atoms with Crippen LogP contribution in [0.1, 0.15) is 20.8 Å². The third kappa shape index (κ3) is 2.91. The molecule has 0 atom stereocenters. The van der Waals surface area contributed by atoms with E-state index < -0.39 is 0 Å². The number of rotatable bonds is 3. The fourth-order valence-corrected chi connectivity index (χ4v) is 3.73. The first-order valence-electron chi connectivity index (χ1n) is 6.39. The van der Waals surface area contributed by atoms with Crippen molar-refractivity contribution in [3.8, 4) is 0 Å². The maximum atomic E-state index is 12.4. The average molecular weight is 326 g/mol. The van der Waals surface area contributed by atoms with Crippen molar-refractivity contribution in [3.63, 3.8) is 0 Å². The monoisotopic (exact) mass is 325 g/mol. The van der Waals surface area contributed by atoms with Crippen LogP contribution in [0.3, 0.4) is 0 Å². The van der Waals surface area contributed by atoms with E-state index in [9.17, 15) is 4.79 Å². The second-order valence-electron chi connectivity index (χ2n) is 4.88. The van der Waals surface area contributed by atoms with Gasteiger partial charge in [0.25, 0.3) is 0 Å². The number of thiophene rings is 1. The zero-order valence-electron chi connectivity index (χ0n) is 10.7. The van der Waals surface area contributed by atoms with E-state index in [1.165, 1.54) is 10.4 Å². The second kappa shape index (κ2) is 5.86. The molecule has 0 amide bonds. The highest BCUT2D eigenvalue weighted by molar-refractivity contribution is 7.10. The molecule has 0 spiro atoms. The van der Waals surface area contributed by atoms with Crippen LogP contribution in [0.4, 0.5) is 0 Å². The molecular formula is C15H13Cl2NOS. The molecule has 1 aliphatic heterocycles. The van der Waals surface area contributed by atoms with E-state index in [2.05, 4.69) is 16.3 Å². The SMILES string of the molecule is O=C(CN1CCc2sccc2C1)c1cc(Cl)ccc1Cl. The Kier molecular flexibility index (Phi) is 4.13. The maximum Gasteiger partial charge on any atom is 0.178 e. The molecular weight excluding hydrogens is 313 g/mol. The highest BCUT2D eigenvalue weighted by atomic mass is 35.5. The summed E-state index contributed by atoms with van der Waals surface area (Å²) in [5.41, 5.74) is 1.85. The molecule has 1 aliphatic rings. The van der Waals surface area contributed by atoms with E-state index in [-0.39, 0.29) is 5.78 Å². The number of fused-ring (bicyclic) bond motifs is 1. The summed E-state index contributed by atoms with van der Waals surface area (Å²) in [4.78, 5) is 16.0. The molecule has 2 nitrogen and oxygen atoms in total. The summed E-state index contributed by atoms with van der Waals surface area (Å²) < 4.78 is 0. The van der Waals surface area contributed by atoms with Crippen LogP contribution in [0.2, 0.25) is 10.0 Å². The molecule has 20 heavy (non-hydrogen) atoms. The molecule has 0 unspecified atom stereocenters. The van der Waals surface area contributed by atoms with E-state index >= 15 is 0 Å². The summed E-state index contributed by atoms with van der Waals surface area (Å²) in [5, 5.41) is 3.12. The highest BCUT2D eigenvalue weighted by Crippen LogP contribution is 2.25. The van der Waals surface area contributed by atoms with Crippen LogP contribution in [-0.2, 0) is 13.0 Å². The van der Waals surface area contributed by atoms with Gasteiger partial charge in [-0.15, -0.1) is 11.3 Å². The van der Waals surface area contributed by atoms with Crippen molar-refractivity contribution in [2.45, 2.75) is 13.0 Å². The van der Waals surface area contributed by atoms with Gasteiger partial charge in [-0.3, -0.25) is 9.69 Å². The minimum Gasteiger partial charge on any atom is -0.293 e. The molecule has 0 radical (unpaired) electrons. The Morgan fingerprint density at radius 2 is 2.15 bits per heavy atom. The van der Waals surface area contributed by atoms with Crippen molar-refractivity contribution in [3.05, 3.63) is 55.7 Å². The van der Waals surface area contributed by atoms with E-state index in [0.717, 1.165) is 19.5 Å². The molecule has 104 valence electrons. The maximum absolute atomic E-state index is 12.4. The quantitative estimate of drug-likeness (QED) is 0.784. The highest BCUT2D eigenvalue weighted by Gasteiger charge is 2.21. The molecule has 0 saturated carbocycles. The lowest BCUT2D eigenvalue weighted by Gasteiger charge is -2.26. The van der Waals surface area contributed by atoms with Crippen LogP contribution in [0, 0.1) is 0 Å². The lowest BCUT2D eigenvalue weighted by atomic mass is 10.1. The molecule has 0 aliphatic carbocycles. The van der Waals surface area contributed by atoms with E-state index in [1.807, 2.05) is 0 Å². The van der Waals surface area contributed by atoms with E-state index in [1.54, 1.807) is 29.5 Å². The van der Waals surface area contributed by atoms with Crippen LogP contribution < -0.4 is 0 Å². The Hall–Kier alpha value is -0.870. The fourth-order valence-electron chi connectivity index (χ4n) is 2.44. The summed E-state index contributed by atoms with van der Waals surface area (Å²) >= 11 is 13.8. The second-order valence-corrected chi connectivity index (χ2v) is 6.72. The Balaban J connectivity index is 1.72. The third-order valence-electron chi connectivity index (χ3n) is 3.48. The number of hydrogen-bond donors (Lipinski definition) is 0. The number of benzene rings is 1. The summed E-state index contributed by atoms with van der Waals surface area (Å²) in [5.74, 6) is 0.0242. The van der Waals surface area contributed by atoms with Crippen molar-refractivity contribution < 1.29 is 4.79 Å². The first-order chi connectivity index (χ1) is 9.63. The van der Waals surface area contributed by atoms with Gasteiger partial charge < -0.3 is 0 Å². The van der Waals surface area contributed by atoms with Crippen molar-refractivity contribution in [1.82, 2.24) is 4.90 Å². The molecule has 1 aromatic heterocycles. The number of hydrogen-bond acceptors (Lipinski definition) is 3. The number of carbonyl (C=O) groups is 1. The van der Waals surface area contributed by atoms with Gasteiger partial charge in [0.1, 0.15) is 0 Å². The average Bonchev–Trinajstić information content (AvgIpc) is 2.89. The first kappa shape index (κ1) is 14.1. The molecule has 1 aromatic carbocycles. The summed E-state index contributed by atoms with van der Waals surface area (Å²) in [6, 6.07) is 7.15. The predicted molar refractivity (Wildman–Crippen MR) is 84.1 cm³/mol. The molecule has 0 saturated heterocycles. The topological polar surface area (TPSA) is 20.3 Å². The summed E-state index contributed by atoms with van der Waals surface area (Å²) in [7, 11) is 0. The van der Waals surface area contributed by atoms with Gasteiger partial charge in [0.2, 0.25) is 0 Å². The first-order valence-corrected chi connectivity index (χ1v) is 8.03. The smallest absolute Gasteiger partial charge is 0.178 e. The largest absolute Gasteiger partial charge is 0.293 e. The normalized spacial score (nSPS) is 15.1. The van der Waals surface area contributed by atoms with Crippen molar-refractivity contribution in [2.24, 2.45) is 0 Å². The van der Waals surface area contributed by atoms with Gasteiger partial charge in [0.05, 0.1) is 11.6 Å². The summed E-state index contributed by atoms with van der Waals surface area (Å²) in [6.07, 6.45) is 1.02. The molecule has 0 bridgehead atoms. The van der Waals surface area contributed by atoms with E-state index in [4.69, 9.17) is 23.2 Å². The Bertz CT molecular complexity index is 653. The van der Waals surface area contributed by atoms with E-state index in [0.29, 0.717) is 22.2 Å². The van der Waals surface area contributed by atoms with Crippen molar-refractivity contribution >= 4 is 40.3 Å². The zero-order chi connectivity index (χ0) is 14.1. The van der Waals surface area contributed by atoms with Crippen LogP contribution >= 0.6 is 34.5 Å². The fraction of sp³-hybridized carbons (Fsp3) is 0.267.